The summed E-state index contributed by atoms with van der Waals surface area (Å²) < 4.78 is 10.7. The smallest absolute Gasteiger partial charge is 0.254 e. The van der Waals surface area contributed by atoms with Crippen LogP contribution in [0.15, 0.2) is 60.7 Å². The maximum Gasteiger partial charge on any atom is 0.254 e. The normalized spacial score (nSPS) is 16.1. The van der Waals surface area contributed by atoms with Crippen LogP contribution in [0.3, 0.4) is 0 Å². The number of nitrogens with zero attached hydrogens (tertiary/aromatic N) is 6. The maximum absolute atomic E-state index is 13.5. The lowest BCUT2D eigenvalue weighted by Crippen LogP contribution is -2.47. The van der Waals surface area contributed by atoms with Gasteiger partial charge in [0, 0.05) is 63.5 Å². The molecule has 222 valence electrons. The second kappa shape index (κ2) is 14.2. The van der Waals surface area contributed by atoms with Crippen molar-refractivity contribution in [3.05, 3.63) is 71.8 Å². The first-order valence-electron chi connectivity index (χ1n) is 14.7. The van der Waals surface area contributed by atoms with Crippen molar-refractivity contribution in [3.8, 4) is 17.0 Å². The van der Waals surface area contributed by atoms with Crippen molar-refractivity contribution in [2.75, 3.05) is 84.1 Å². The topological polar surface area (TPSA) is 91.3 Å². The van der Waals surface area contributed by atoms with E-state index in [4.69, 9.17) is 9.47 Å². The molecule has 0 bridgehead atoms. The molecule has 3 heterocycles. The van der Waals surface area contributed by atoms with Gasteiger partial charge in [0.1, 0.15) is 12.3 Å². The maximum atomic E-state index is 13.5. The van der Waals surface area contributed by atoms with E-state index in [9.17, 15) is 9.59 Å². The largest absolute Gasteiger partial charge is 0.497 e. The summed E-state index contributed by atoms with van der Waals surface area (Å²) in [4.78, 5) is 35.1. The highest BCUT2D eigenvalue weighted by atomic mass is 16.5. The van der Waals surface area contributed by atoms with Gasteiger partial charge < -0.3 is 24.2 Å². The number of amides is 2. The minimum absolute atomic E-state index is 0.0403. The number of aromatic nitrogens is 2. The molecule has 0 unspecified atom stereocenters. The van der Waals surface area contributed by atoms with E-state index >= 15 is 0 Å². The lowest BCUT2D eigenvalue weighted by atomic mass is 10.1. The van der Waals surface area contributed by atoms with Crippen molar-refractivity contribution in [2.24, 2.45) is 0 Å². The number of aryl methyl sites for hydroxylation is 1. The second-order valence-corrected chi connectivity index (χ2v) is 10.8. The quantitative estimate of drug-likeness (QED) is 0.387. The number of hydrogen-bond acceptors (Lipinski definition) is 8. The molecule has 0 N–H and O–H groups in total. The van der Waals surface area contributed by atoms with E-state index in [0.717, 1.165) is 43.1 Å². The molecule has 2 aromatic carbocycles. The molecule has 0 atom stereocenters. The molecular formula is C32H40N6O4. The SMILES string of the molecule is COc1ccc(C(=O)N(CCN2CCOCC2)CC(=O)N2CCCN(c3ccc(-c4ccc(C)cc4)nn3)CC2)cc1. The van der Waals surface area contributed by atoms with Crippen LogP contribution in [-0.4, -0.2) is 116 Å². The molecule has 2 amide bonds. The molecule has 0 aliphatic carbocycles. The van der Waals surface area contributed by atoms with Gasteiger partial charge in [-0.25, -0.2) is 0 Å². The molecule has 2 aliphatic rings. The van der Waals surface area contributed by atoms with Gasteiger partial charge in [-0.15, -0.1) is 10.2 Å². The summed E-state index contributed by atoms with van der Waals surface area (Å²) in [6.45, 7) is 8.95. The van der Waals surface area contributed by atoms with E-state index < -0.39 is 0 Å². The molecule has 0 saturated carbocycles. The Morgan fingerprint density at radius 1 is 0.881 bits per heavy atom. The van der Waals surface area contributed by atoms with E-state index in [-0.39, 0.29) is 18.4 Å². The monoisotopic (exact) mass is 572 g/mol. The van der Waals surface area contributed by atoms with Crippen LogP contribution < -0.4 is 9.64 Å². The number of methoxy groups -OCH3 is 1. The second-order valence-electron chi connectivity index (χ2n) is 10.8. The lowest BCUT2D eigenvalue weighted by Gasteiger charge is -2.31. The Hall–Kier alpha value is -4.02. The molecule has 1 aromatic heterocycles. The number of carbonyl (C=O) groups excluding carboxylic acids is 2. The first-order valence-corrected chi connectivity index (χ1v) is 14.7. The van der Waals surface area contributed by atoms with Crippen LogP contribution in [0.4, 0.5) is 5.82 Å². The Morgan fingerprint density at radius 2 is 1.64 bits per heavy atom. The summed E-state index contributed by atoms with van der Waals surface area (Å²) in [5.74, 6) is 1.30. The van der Waals surface area contributed by atoms with Crippen LogP contribution in [0, 0.1) is 6.92 Å². The Kier molecular flexibility index (Phi) is 9.99. The fraction of sp³-hybridized carbons (Fsp3) is 0.438. The van der Waals surface area contributed by atoms with Gasteiger partial charge in [-0.05, 0) is 49.7 Å². The molecule has 3 aromatic rings. The van der Waals surface area contributed by atoms with Gasteiger partial charge in [-0.3, -0.25) is 14.5 Å². The van der Waals surface area contributed by atoms with Crippen LogP contribution in [0.2, 0.25) is 0 Å². The predicted molar refractivity (Wildman–Crippen MR) is 162 cm³/mol. The van der Waals surface area contributed by atoms with Crippen molar-refractivity contribution < 1.29 is 19.1 Å². The number of benzene rings is 2. The summed E-state index contributed by atoms with van der Waals surface area (Å²) in [5, 5.41) is 8.96. The molecule has 0 radical (unpaired) electrons. The molecule has 2 saturated heterocycles. The number of hydrogen-bond donors (Lipinski definition) is 0. The lowest BCUT2D eigenvalue weighted by molar-refractivity contribution is -0.131. The van der Waals surface area contributed by atoms with Crippen LogP contribution in [-0.2, 0) is 9.53 Å². The van der Waals surface area contributed by atoms with Crippen molar-refractivity contribution in [2.45, 2.75) is 13.3 Å². The molecular weight excluding hydrogens is 532 g/mol. The van der Waals surface area contributed by atoms with Gasteiger partial charge in [-0.1, -0.05) is 29.8 Å². The zero-order valence-electron chi connectivity index (χ0n) is 24.6. The number of morpholine rings is 1. The molecule has 10 heteroatoms. The Bertz CT molecular complexity index is 1310. The molecule has 2 fully saturated rings. The first kappa shape index (κ1) is 29.5. The third-order valence-electron chi connectivity index (χ3n) is 7.91. The fourth-order valence-corrected chi connectivity index (χ4v) is 5.29. The zero-order chi connectivity index (χ0) is 29.3. The molecule has 42 heavy (non-hydrogen) atoms. The van der Waals surface area contributed by atoms with E-state index in [1.807, 2.05) is 17.0 Å². The average Bonchev–Trinajstić information content (AvgIpc) is 3.30. The van der Waals surface area contributed by atoms with E-state index in [1.165, 1.54) is 5.56 Å². The first-order chi connectivity index (χ1) is 20.5. The van der Waals surface area contributed by atoms with Gasteiger partial charge in [0.05, 0.1) is 26.0 Å². The van der Waals surface area contributed by atoms with Crippen LogP contribution >= 0.6 is 0 Å². The third kappa shape index (κ3) is 7.63. The summed E-state index contributed by atoms with van der Waals surface area (Å²) >= 11 is 0. The summed E-state index contributed by atoms with van der Waals surface area (Å²) in [7, 11) is 1.60. The van der Waals surface area contributed by atoms with Gasteiger partial charge in [0.25, 0.3) is 5.91 Å². The number of carbonyl (C=O) groups is 2. The number of anilines is 1. The van der Waals surface area contributed by atoms with Gasteiger partial charge in [0.2, 0.25) is 5.91 Å². The standard InChI is InChI=1S/C32H40N6O4/c1-25-4-6-26(7-5-25)29-12-13-30(34-33-29)36-14-3-15-37(19-18-36)31(39)24-38(17-16-35-20-22-42-23-21-35)32(40)27-8-10-28(41-2)11-9-27/h4-13H,3,14-24H2,1-2H3. The summed E-state index contributed by atoms with van der Waals surface area (Å²) in [6.07, 6.45) is 0.813. The molecule has 2 aliphatic heterocycles. The Balaban J connectivity index is 1.21. The van der Waals surface area contributed by atoms with E-state index in [0.29, 0.717) is 57.3 Å². The van der Waals surface area contributed by atoms with Crippen molar-refractivity contribution in [1.29, 1.82) is 0 Å². The van der Waals surface area contributed by atoms with Gasteiger partial charge >= 0.3 is 0 Å². The fourth-order valence-electron chi connectivity index (χ4n) is 5.29. The highest BCUT2D eigenvalue weighted by Crippen LogP contribution is 2.20. The summed E-state index contributed by atoms with van der Waals surface area (Å²) in [5.41, 5.74) is 3.62. The zero-order valence-corrected chi connectivity index (χ0v) is 24.6. The highest BCUT2D eigenvalue weighted by Gasteiger charge is 2.25. The third-order valence-corrected chi connectivity index (χ3v) is 7.91. The number of rotatable bonds is 9. The van der Waals surface area contributed by atoms with Crippen LogP contribution in [0.25, 0.3) is 11.3 Å². The number of ether oxygens (including phenoxy) is 2. The minimum Gasteiger partial charge on any atom is -0.497 e. The van der Waals surface area contributed by atoms with Crippen molar-refractivity contribution in [3.63, 3.8) is 0 Å². The van der Waals surface area contributed by atoms with E-state index in [2.05, 4.69) is 51.2 Å². The van der Waals surface area contributed by atoms with E-state index in [1.54, 1.807) is 36.3 Å². The van der Waals surface area contributed by atoms with Gasteiger partial charge in [0.15, 0.2) is 5.82 Å². The van der Waals surface area contributed by atoms with Crippen molar-refractivity contribution in [1.82, 2.24) is 24.9 Å². The highest BCUT2D eigenvalue weighted by molar-refractivity contribution is 5.96. The van der Waals surface area contributed by atoms with Crippen LogP contribution in [0.1, 0.15) is 22.3 Å². The predicted octanol–water partition coefficient (Wildman–Crippen LogP) is 2.97. The molecule has 0 spiro atoms. The molecule has 5 rings (SSSR count). The minimum atomic E-state index is -0.153. The Labute approximate surface area is 247 Å². The summed E-state index contributed by atoms with van der Waals surface area (Å²) in [6, 6.07) is 19.3. The van der Waals surface area contributed by atoms with Crippen molar-refractivity contribution >= 4 is 17.6 Å². The average molecular weight is 573 g/mol. The Morgan fingerprint density at radius 3 is 2.33 bits per heavy atom. The van der Waals surface area contributed by atoms with Crippen LogP contribution in [0.5, 0.6) is 5.75 Å². The molecule has 10 nitrogen and oxygen atoms in total. The van der Waals surface area contributed by atoms with Gasteiger partial charge in [-0.2, -0.15) is 0 Å².